The standard InChI is InChI=1S/C56H91N3O22.HI/c1-31-18-15-13-11-9-7-5-6-8-10-12-14-16-19-38(79-54-50(71)45(57)48(69)34(4)78-54)27-42-46(59-55(74)58-22-17-23-76-53-52(73)51(72)49(70)43(30-60)80-53)41(66)29-56(75,81-42)28-37(63)25-40(65)39(64)21-20-35(61)24-36(62)26-44(67)77-33(3)32(2)47(31)68;/h5-16,18-19,31-43,45-54,60-66,68-73,75H,17,20-30,57H2,1-4H3,(H2,58,59,74);1H/p-1/b6-5+,9-7+,10-8+,13-11+,14-12+,18-15+,19-16+;/t31-,32-,33-,34+,35+,36+,37-,38-,39+,40+,41-,42-,43+,45-,46+,47+,48+,49+,50-,51-,52-,53-,54-,56+;/m0./s1. The topological polar surface area (TPSA) is 423 Å². The van der Waals surface area contributed by atoms with Crippen LogP contribution in [0.25, 0.3) is 0 Å². The minimum Gasteiger partial charge on any atom is -1.00 e. The first-order valence-corrected chi connectivity index (χ1v) is 27.8. The molecule has 2 amide bonds. The average molecular weight is 1290 g/mol. The Kier molecular flexibility index (Phi) is 32.8. The number of amides is 2. The second kappa shape index (κ2) is 36.8. The van der Waals surface area contributed by atoms with E-state index < -0.39 is 184 Å². The molecule has 0 aliphatic carbocycles. The van der Waals surface area contributed by atoms with Crippen molar-refractivity contribution in [2.45, 2.75) is 220 Å². The van der Waals surface area contributed by atoms with Crippen LogP contribution in [0, 0.1) is 11.8 Å². The van der Waals surface area contributed by atoms with Crippen molar-refractivity contribution in [1.82, 2.24) is 10.6 Å². The van der Waals surface area contributed by atoms with Gasteiger partial charge < -0.3 is 140 Å². The van der Waals surface area contributed by atoms with E-state index in [2.05, 4.69) is 10.6 Å². The maximum absolute atomic E-state index is 13.5. The first-order chi connectivity index (χ1) is 38.3. The number of esters is 1. The van der Waals surface area contributed by atoms with Crippen molar-refractivity contribution in [2.75, 3.05) is 19.8 Å². The van der Waals surface area contributed by atoms with E-state index in [-0.39, 0.29) is 75.2 Å². The summed E-state index contributed by atoms with van der Waals surface area (Å²) in [6, 6.07) is -3.32. The number of urea groups is 1. The molecule has 470 valence electrons. The lowest BCUT2D eigenvalue weighted by Crippen LogP contribution is -3.00. The lowest BCUT2D eigenvalue weighted by molar-refractivity contribution is -0.303. The second-order valence-corrected chi connectivity index (χ2v) is 21.6. The van der Waals surface area contributed by atoms with E-state index in [9.17, 15) is 81.1 Å². The quantitative estimate of drug-likeness (QED) is 0.0583. The summed E-state index contributed by atoms with van der Waals surface area (Å²) >= 11 is 0. The van der Waals surface area contributed by atoms with Crippen LogP contribution in [0.4, 0.5) is 4.79 Å². The third-order valence-electron chi connectivity index (χ3n) is 14.8. The zero-order valence-electron chi connectivity index (χ0n) is 46.8. The number of rotatable bonds is 9. The largest absolute Gasteiger partial charge is 1.00 e. The number of cyclic esters (lactones) is 1. The van der Waals surface area contributed by atoms with Gasteiger partial charge in [0.05, 0.1) is 98.9 Å². The molecule has 4 rings (SSSR count). The summed E-state index contributed by atoms with van der Waals surface area (Å²) in [5, 5.41) is 156. The molecule has 26 heteroatoms. The Morgan fingerprint density at radius 3 is 1.89 bits per heavy atom. The molecule has 0 spiro atoms. The number of fused-ring (bicyclic) bond motifs is 2. The van der Waals surface area contributed by atoms with Crippen molar-refractivity contribution in [2.24, 2.45) is 17.6 Å². The molecule has 4 aliphatic rings. The highest BCUT2D eigenvalue weighted by Crippen LogP contribution is 2.35. The molecule has 0 radical (unpaired) electrons. The molecular weight excluding hydrogens is 1190 g/mol. The Bertz CT molecular complexity index is 2090. The summed E-state index contributed by atoms with van der Waals surface area (Å²) in [6.07, 6.45) is -4.13. The molecule has 82 heavy (non-hydrogen) atoms. The third-order valence-corrected chi connectivity index (χ3v) is 14.8. The maximum Gasteiger partial charge on any atom is 0.315 e. The Morgan fingerprint density at radius 1 is 0.659 bits per heavy atom. The maximum atomic E-state index is 13.5. The monoisotopic (exact) mass is 1280 g/mol. The van der Waals surface area contributed by atoms with Crippen LogP contribution in [-0.4, -0.2) is 237 Å². The van der Waals surface area contributed by atoms with Crippen LogP contribution in [0.2, 0.25) is 0 Å². The number of carbonyl (C=O) groups excluding carboxylic acids is 2. The van der Waals surface area contributed by atoms with Crippen molar-refractivity contribution in [3.63, 3.8) is 0 Å². The highest BCUT2D eigenvalue weighted by Gasteiger charge is 2.49. The number of nitrogens with one attached hydrogen (secondary N) is 2. The molecule has 0 aromatic rings. The van der Waals surface area contributed by atoms with Gasteiger partial charge in [0.2, 0.25) is 0 Å². The molecule has 2 bridgehead atoms. The fraction of sp³-hybridized carbons (Fsp3) is 0.714. The van der Waals surface area contributed by atoms with Gasteiger partial charge in [-0.1, -0.05) is 98.9 Å². The summed E-state index contributed by atoms with van der Waals surface area (Å²) in [5.74, 6) is -3.87. The van der Waals surface area contributed by atoms with Gasteiger partial charge in [0.25, 0.3) is 0 Å². The van der Waals surface area contributed by atoms with E-state index in [0.717, 1.165) is 0 Å². The van der Waals surface area contributed by atoms with Crippen LogP contribution >= 0.6 is 0 Å². The molecule has 0 aromatic heterocycles. The van der Waals surface area contributed by atoms with Gasteiger partial charge in [-0.3, -0.25) is 4.79 Å². The molecule has 0 unspecified atom stereocenters. The smallest absolute Gasteiger partial charge is 0.315 e. The average Bonchev–Trinajstić information content (AvgIpc) is 3.51. The normalized spacial score (nSPS) is 44.0. The molecule has 0 aromatic carbocycles. The van der Waals surface area contributed by atoms with E-state index >= 15 is 0 Å². The van der Waals surface area contributed by atoms with Crippen LogP contribution in [-0.2, 0) is 33.2 Å². The van der Waals surface area contributed by atoms with E-state index in [1.807, 2.05) is 13.0 Å². The lowest BCUT2D eigenvalue weighted by atomic mass is 9.87. The van der Waals surface area contributed by atoms with Crippen LogP contribution in [0.5, 0.6) is 0 Å². The summed E-state index contributed by atoms with van der Waals surface area (Å²) in [5.41, 5.74) is 6.13. The molecule has 0 saturated carbocycles. The SMILES string of the molecule is C[C@@H]1[C@H](O)[C@@H](C)/C=C/C=C/C=C/C=C/C=C/C=C/C=C/[C@H](O[C@@H]2O[C@H](C)[C@@H](O)[C@H](N)[C@@H]2O)C[C@@H]2O[C@](O)(C[C@@H](O)C[C@@H](O)[C@H](O)CC[C@@H](O)C[C@@H](O)CC(=O)O[C@H]1C)C[C@H](O)[C@H]2NC(=O)NCCCO[C@H]1O[C@H](CO)[C@@H](O)[C@H](O)[C@@H]1O.[I-]. The number of allylic oxidation sites excluding steroid dienone is 12. The van der Waals surface area contributed by atoms with Crippen LogP contribution < -0.4 is 40.3 Å². The van der Waals surface area contributed by atoms with Gasteiger partial charge in [-0.2, -0.15) is 0 Å². The minimum absolute atomic E-state index is 0. The zero-order chi connectivity index (χ0) is 60.0. The third kappa shape index (κ3) is 24.0. The molecule has 4 aliphatic heterocycles. The number of aliphatic hydroxyl groups is 14. The Hall–Kier alpha value is -3.15. The molecule has 24 atom stereocenters. The first-order valence-electron chi connectivity index (χ1n) is 27.8. The molecule has 18 N–H and O–H groups in total. The van der Waals surface area contributed by atoms with Crippen molar-refractivity contribution in [1.29, 1.82) is 0 Å². The molecule has 3 saturated heterocycles. The molecular formula is C56H91IN3O22-. The molecule has 4 heterocycles. The first kappa shape index (κ1) is 73.1. The van der Waals surface area contributed by atoms with Gasteiger partial charge in [-0.15, -0.1) is 0 Å². The highest BCUT2D eigenvalue weighted by atomic mass is 127. The molecule has 25 nitrogen and oxygen atoms in total. The van der Waals surface area contributed by atoms with Gasteiger partial charge in [0.15, 0.2) is 18.4 Å². The van der Waals surface area contributed by atoms with Gasteiger partial charge in [0.1, 0.15) is 36.6 Å². The van der Waals surface area contributed by atoms with Crippen molar-refractivity contribution in [3.05, 3.63) is 85.1 Å². The van der Waals surface area contributed by atoms with E-state index in [4.69, 9.17) is 34.2 Å². The van der Waals surface area contributed by atoms with Crippen LogP contribution in [0.3, 0.4) is 0 Å². The van der Waals surface area contributed by atoms with Gasteiger partial charge in [-0.25, -0.2) is 4.79 Å². The summed E-state index contributed by atoms with van der Waals surface area (Å²) < 4.78 is 34.6. The fourth-order valence-electron chi connectivity index (χ4n) is 9.72. The highest BCUT2D eigenvalue weighted by molar-refractivity contribution is 5.74. The number of ether oxygens (including phenoxy) is 6. The van der Waals surface area contributed by atoms with Crippen molar-refractivity contribution < 1.29 is 133 Å². The lowest BCUT2D eigenvalue weighted by Gasteiger charge is -2.46. The van der Waals surface area contributed by atoms with E-state index in [1.54, 1.807) is 92.8 Å². The Labute approximate surface area is 496 Å². The van der Waals surface area contributed by atoms with Crippen molar-refractivity contribution >= 4 is 12.0 Å². The van der Waals surface area contributed by atoms with E-state index in [0.29, 0.717) is 0 Å². The predicted molar refractivity (Wildman–Crippen MR) is 291 cm³/mol. The molecule has 3 fully saturated rings. The number of halogens is 1. The number of hydrogen-bond acceptors (Lipinski definition) is 23. The zero-order valence-corrected chi connectivity index (χ0v) is 49.0. The van der Waals surface area contributed by atoms with Gasteiger partial charge in [0, 0.05) is 44.1 Å². The number of aliphatic hydroxyl groups excluding tert-OH is 13. The van der Waals surface area contributed by atoms with Crippen LogP contribution in [0.1, 0.15) is 85.5 Å². The van der Waals surface area contributed by atoms with Crippen molar-refractivity contribution in [3.8, 4) is 0 Å². The second-order valence-electron chi connectivity index (χ2n) is 21.6. The van der Waals surface area contributed by atoms with Crippen LogP contribution in [0.15, 0.2) is 85.1 Å². The predicted octanol–water partition coefficient (Wildman–Crippen LogP) is -5.11. The summed E-state index contributed by atoms with van der Waals surface area (Å²) in [4.78, 5) is 26.2. The van der Waals surface area contributed by atoms with E-state index in [1.165, 1.54) is 6.92 Å². The minimum atomic E-state index is -2.35. The fourth-order valence-corrected chi connectivity index (χ4v) is 9.72. The summed E-state index contributed by atoms with van der Waals surface area (Å²) in [7, 11) is 0. The van der Waals surface area contributed by atoms with Gasteiger partial charge >= 0.3 is 12.0 Å². The number of nitrogens with two attached hydrogens (primary N) is 1. The Morgan fingerprint density at radius 2 is 1.27 bits per heavy atom. The number of carbonyl (C=O) groups is 2. The Balaban J connectivity index is 0.0000176. The summed E-state index contributed by atoms with van der Waals surface area (Å²) in [6.45, 7) is 5.88. The number of hydrogen-bond donors (Lipinski definition) is 17. The van der Waals surface area contributed by atoms with Gasteiger partial charge in [-0.05, 0) is 39.5 Å².